The molecule has 1 spiro atoms. The lowest BCUT2D eigenvalue weighted by atomic mass is 10.0. The average molecular weight is 255 g/mol. The van der Waals surface area contributed by atoms with E-state index in [1.165, 1.54) is 24.0 Å². The van der Waals surface area contributed by atoms with Crippen LogP contribution in [0.15, 0.2) is 24.3 Å². The highest BCUT2D eigenvalue weighted by atomic mass is 16.2. The molecule has 1 atom stereocenters. The first-order valence-electron chi connectivity index (χ1n) is 7.49. The van der Waals surface area contributed by atoms with Crippen LogP contribution in [0, 0.1) is 18.3 Å². The lowest BCUT2D eigenvalue weighted by Gasteiger charge is -2.18. The van der Waals surface area contributed by atoms with Crippen LogP contribution < -0.4 is 5.32 Å². The molecule has 1 N–H and O–H groups in total. The molecule has 0 radical (unpaired) electrons. The van der Waals surface area contributed by atoms with Gasteiger partial charge in [-0.1, -0.05) is 29.8 Å². The van der Waals surface area contributed by atoms with E-state index in [0.29, 0.717) is 17.2 Å². The van der Waals surface area contributed by atoms with E-state index in [9.17, 15) is 4.79 Å². The van der Waals surface area contributed by atoms with Crippen molar-refractivity contribution in [3.63, 3.8) is 0 Å². The van der Waals surface area contributed by atoms with Gasteiger partial charge in [-0.15, -0.1) is 0 Å². The Morgan fingerprint density at radius 3 is 2.68 bits per heavy atom. The first kappa shape index (κ1) is 11.5. The summed E-state index contributed by atoms with van der Waals surface area (Å²) in [5, 5.41) is 3.35. The summed E-state index contributed by atoms with van der Waals surface area (Å²) in [6.45, 7) is 2.13. The van der Waals surface area contributed by atoms with Crippen molar-refractivity contribution in [3.8, 4) is 0 Å². The number of aryl methyl sites for hydroxylation is 1. The molecule has 3 aliphatic rings. The fraction of sp³-hybridized carbons (Fsp3) is 0.588. The van der Waals surface area contributed by atoms with Crippen LogP contribution in [-0.2, 0) is 11.2 Å². The lowest BCUT2D eigenvalue weighted by Crippen LogP contribution is -2.39. The normalized spacial score (nSPS) is 27.9. The molecule has 0 aromatic heterocycles. The second-order valence-corrected chi connectivity index (χ2v) is 7.05. The number of amides is 1. The fourth-order valence-corrected chi connectivity index (χ4v) is 3.49. The predicted octanol–water partition coefficient (Wildman–Crippen LogP) is 2.99. The predicted molar refractivity (Wildman–Crippen MR) is 74.8 cm³/mol. The molecule has 3 fully saturated rings. The van der Waals surface area contributed by atoms with Gasteiger partial charge < -0.3 is 5.32 Å². The highest BCUT2D eigenvalue weighted by molar-refractivity contribution is 5.84. The number of hydrogen-bond acceptors (Lipinski definition) is 1. The minimum atomic E-state index is 0.0869. The maximum Gasteiger partial charge on any atom is 0.224 e. The summed E-state index contributed by atoms with van der Waals surface area (Å²) in [5.41, 5.74) is 3.22. The van der Waals surface area contributed by atoms with E-state index in [2.05, 4.69) is 36.5 Å². The van der Waals surface area contributed by atoms with Gasteiger partial charge in [-0.2, -0.15) is 0 Å². The second kappa shape index (κ2) is 3.62. The van der Waals surface area contributed by atoms with Crippen LogP contribution >= 0.6 is 0 Å². The molecular formula is C17H21NO. The van der Waals surface area contributed by atoms with Crippen LogP contribution in [-0.4, -0.2) is 11.4 Å². The van der Waals surface area contributed by atoms with Crippen LogP contribution in [0.5, 0.6) is 0 Å². The van der Waals surface area contributed by atoms with Crippen LogP contribution in [0.2, 0.25) is 0 Å². The third-order valence-corrected chi connectivity index (χ3v) is 5.27. The van der Waals surface area contributed by atoms with Gasteiger partial charge in [-0.25, -0.2) is 0 Å². The quantitative estimate of drug-likeness (QED) is 0.880. The Morgan fingerprint density at radius 2 is 2.11 bits per heavy atom. The van der Waals surface area contributed by atoms with Gasteiger partial charge in [-0.05, 0) is 56.4 Å². The minimum absolute atomic E-state index is 0.0869. The van der Waals surface area contributed by atoms with E-state index in [0.717, 1.165) is 25.7 Å². The van der Waals surface area contributed by atoms with Crippen LogP contribution in [0.3, 0.4) is 0 Å². The molecular weight excluding hydrogens is 234 g/mol. The van der Waals surface area contributed by atoms with E-state index in [4.69, 9.17) is 0 Å². The fourth-order valence-electron chi connectivity index (χ4n) is 3.49. The molecule has 0 unspecified atom stereocenters. The van der Waals surface area contributed by atoms with Gasteiger partial charge in [0.25, 0.3) is 0 Å². The van der Waals surface area contributed by atoms with Crippen molar-refractivity contribution in [1.29, 1.82) is 0 Å². The summed E-state index contributed by atoms with van der Waals surface area (Å²) in [4.78, 5) is 12.3. The van der Waals surface area contributed by atoms with E-state index in [-0.39, 0.29) is 5.54 Å². The maximum absolute atomic E-state index is 12.3. The zero-order valence-electron chi connectivity index (χ0n) is 11.5. The van der Waals surface area contributed by atoms with E-state index < -0.39 is 0 Å². The summed E-state index contributed by atoms with van der Waals surface area (Å²) in [6.07, 6.45) is 7.02. The second-order valence-electron chi connectivity index (χ2n) is 7.05. The standard InChI is InChI=1S/C17H21NO/c1-12-3-2-4-13(9-12)10-17(7-8-17)18-15(19)14-11-16(14)5-6-16/h2-4,9,14H,5-8,10-11H2,1H3,(H,18,19)/t14-/m1/s1. The number of carbonyl (C=O) groups is 1. The Kier molecular flexibility index (Phi) is 2.19. The Balaban J connectivity index is 1.41. The van der Waals surface area contributed by atoms with Crippen molar-refractivity contribution in [2.45, 2.75) is 51.0 Å². The van der Waals surface area contributed by atoms with Gasteiger partial charge in [-0.3, -0.25) is 4.79 Å². The smallest absolute Gasteiger partial charge is 0.224 e. The minimum Gasteiger partial charge on any atom is -0.350 e. The van der Waals surface area contributed by atoms with Gasteiger partial charge >= 0.3 is 0 Å². The number of carbonyl (C=O) groups excluding carboxylic acids is 1. The van der Waals surface area contributed by atoms with Gasteiger partial charge in [0, 0.05) is 11.5 Å². The molecule has 0 aliphatic heterocycles. The van der Waals surface area contributed by atoms with Crippen molar-refractivity contribution < 1.29 is 4.79 Å². The van der Waals surface area contributed by atoms with Gasteiger partial charge in [0.15, 0.2) is 0 Å². The molecule has 0 bridgehead atoms. The molecule has 1 aromatic rings. The first-order valence-corrected chi connectivity index (χ1v) is 7.49. The number of benzene rings is 1. The SMILES string of the molecule is Cc1cccc(CC2(NC(=O)[C@H]3CC34CC4)CC2)c1. The van der Waals surface area contributed by atoms with E-state index in [1.54, 1.807) is 0 Å². The topological polar surface area (TPSA) is 29.1 Å². The summed E-state index contributed by atoms with van der Waals surface area (Å²) < 4.78 is 0. The molecule has 100 valence electrons. The van der Waals surface area contributed by atoms with Crippen molar-refractivity contribution in [2.75, 3.05) is 0 Å². The Morgan fingerprint density at radius 1 is 1.32 bits per heavy atom. The highest BCUT2D eigenvalue weighted by Gasteiger charge is 2.66. The number of nitrogens with one attached hydrogen (secondary N) is 1. The Labute approximate surface area is 114 Å². The van der Waals surface area contributed by atoms with Crippen molar-refractivity contribution >= 4 is 5.91 Å². The molecule has 0 heterocycles. The van der Waals surface area contributed by atoms with Gasteiger partial charge in [0.1, 0.15) is 0 Å². The van der Waals surface area contributed by atoms with E-state index in [1.807, 2.05) is 0 Å². The molecule has 4 rings (SSSR count). The third kappa shape index (κ3) is 2.07. The largest absolute Gasteiger partial charge is 0.350 e. The lowest BCUT2D eigenvalue weighted by molar-refractivity contribution is -0.123. The number of rotatable bonds is 4. The molecule has 2 nitrogen and oxygen atoms in total. The zero-order valence-corrected chi connectivity index (χ0v) is 11.5. The molecule has 0 saturated heterocycles. The molecule has 1 amide bonds. The molecule has 2 heteroatoms. The first-order chi connectivity index (χ1) is 9.11. The van der Waals surface area contributed by atoms with Crippen LogP contribution in [0.1, 0.15) is 43.2 Å². The maximum atomic E-state index is 12.3. The van der Waals surface area contributed by atoms with E-state index >= 15 is 0 Å². The Hall–Kier alpha value is -1.31. The number of hydrogen-bond donors (Lipinski definition) is 1. The van der Waals surface area contributed by atoms with Crippen molar-refractivity contribution in [1.82, 2.24) is 5.32 Å². The average Bonchev–Trinajstić information content (AvgIpc) is 3.24. The van der Waals surface area contributed by atoms with Gasteiger partial charge in [0.05, 0.1) is 0 Å². The zero-order chi connectivity index (χ0) is 13.1. The van der Waals surface area contributed by atoms with Crippen LogP contribution in [0.25, 0.3) is 0 Å². The van der Waals surface area contributed by atoms with Crippen molar-refractivity contribution in [3.05, 3.63) is 35.4 Å². The molecule has 19 heavy (non-hydrogen) atoms. The van der Waals surface area contributed by atoms with Crippen molar-refractivity contribution in [2.24, 2.45) is 11.3 Å². The van der Waals surface area contributed by atoms with Gasteiger partial charge in [0.2, 0.25) is 5.91 Å². The Bertz CT molecular complexity index is 540. The third-order valence-electron chi connectivity index (χ3n) is 5.27. The highest BCUT2D eigenvalue weighted by Crippen LogP contribution is 2.70. The summed E-state index contributed by atoms with van der Waals surface area (Å²) >= 11 is 0. The summed E-state index contributed by atoms with van der Waals surface area (Å²) in [7, 11) is 0. The molecule has 3 saturated carbocycles. The summed E-state index contributed by atoms with van der Waals surface area (Å²) in [6, 6.07) is 8.66. The monoisotopic (exact) mass is 255 g/mol. The summed E-state index contributed by atoms with van der Waals surface area (Å²) in [5.74, 6) is 0.685. The molecule has 1 aromatic carbocycles. The van der Waals surface area contributed by atoms with Crippen LogP contribution in [0.4, 0.5) is 0 Å². The molecule has 3 aliphatic carbocycles.